The van der Waals surface area contributed by atoms with Crippen LogP contribution in [0.15, 0.2) is 24.5 Å². The Labute approximate surface area is 190 Å². The van der Waals surface area contributed by atoms with E-state index < -0.39 is 24.5 Å². The van der Waals surface area contributed by atoms with Crippen molar-refractivity contribution >= 4 is 23.5 Å². The lowest BCUT2D eigenvalue weighted by Crippen LogP contribution is -2.34. The van der Waals surface area contributed by atoms with Gasteiger partial charge in [0.2, 0.25) is 5.95 Å². The van der Waals surface area contributed by atoms with Crippen LogP contribution in [0.25, 0.3) is 5.65 Å². The van der Waals surface area contributed by atoms with Gasteiger partial charge in [0.25, 0.3) is 0 Å². The lowest BCUT2D eigenvalue weighted by atomic mass is 10.1. The van der Waals surface area contributed by atoms with Crippen molar-refractivity contribution in [1.29, 1.82) is 0 Å². The minimum Gasteiger partial charge on any atom is -0.441 e. The smallest absolute Gasteiger partial charge is 0.407 e. The number of alkyl halides is 1. The van der Waals surface area contributed by atoms with Crippen molar-refractivity contribution in [1.82, 2.24) is 29.9 Å². The SMILES string of the molecule is CCCCCNC(=O)O[C@@H]1CO[C@H](c2cc(Nc3nccc4nc(COC)cn34)n[nH]2)[C@@H]1F. The van der Waals surface area contributed by atoms with E-state index in [4.69, 9.17) is 14.2 Å². The number of amides is 1. The fraction of sp³-hybridized carbons (Fsp3) is 0.524. The van der Waals surface area contributed by atoms with E-state index in [-0.39, 0.29) is 6.61 Å². The van der Waals surface area contributed by atoms with E-state index in [1.165, 1.54) is 0 Å². The molecule has 0 aromatic carbocycles. The quantitative estimate of drug-likeness (QED) is 0.393. The van der Waals surface area contributed by atoms with E-state index in [0.717, 1.165) is 25.0 Å². The Morgan fingerprint density at radius 1 is 1.42 bits per heavy atom. The Morgan fingerprint density at radius 3 is 3.12 bits per heavy atom. The molecule has 33 heavy (non-hydrogen) atoms. The number of hydrogen-bond donors (Lipinski definition) is 3. The topological polar surface area (TPSA) is 128 Å². The lowest BCUT2D eigenvalue weighted by Gasteiger charge is -2.15. The van der Waals surface area contributed by atoms with Gasteiger partial charge in [0.1, 0.15) is 11.8 Å². The van der Waals surface area contributed by atoms with Gasteiger partial charge in [-0.25, -0.2) is 19.2 Å². The van der Waals surface area contributed by atoms with Gasteiger partial charge < -0.3 is 24.8 Å². The molecule has 1 amide bonds. The summed E-state index contributed by atoms with van der Waals surface area (Å²) in [5.74, 6) is 0.923. The van der Waals surface area contributed by atoms with Crippen molar-refractivity contribution in [2.75, 3.05) is 25.6 Å². The molecule has 1 fully saturated rings. The van der Waals surface area contributed by atoms with Crippen LogP contribution < -0.4 is 10.6 Å². The molecule has 3 aromatic rings. The molecule has 0 saturated carbocycles. The molecule has 178 valence electrons. The number of halogens is 1. The second kappa shape index (κ2) is 10.6. The highest BCUT2D eigenvalue weighted by atomic mass is 19.1. The number of fused-ring (bicyclic) bond motifs is 1. The minimum atomic E-state index is -1.52. The van der Waals surface area contributed by atoms with Crippen molar-refractivity contribution in [2.45, 2.75) is 51.2 Å². The summed E-state index contributed by atoms with van der Waals surface area (Å²) < 4.78 is 32.6. The summed E-state index contributed by atoms with van der Waals surface area (Å²) in [5.41, 5.74) is 1.89. The zero-order valence-corrected chi connectivity index (χ0v) is 18.6. The Kier molecular flexibility index (Phi) is 7.35. The monoisotopic (exact) mass is 461 g/mol. The molecule has 3 aromatic heterocycles. The van der Waals surface area contributed by atoms with E-state index in [2.05, 4.69) is 37.7 Å². The van der Waals surface area contributed by atoms with Gasteiger partial charge in [0, 0.05) is 32.1 Å². The van der Waals surface area contributed by atoms with E-state index >= 15 is 0 Å². The first-order chi connectivity index (χ1) is 16.1. The van der Waals surface area contributed by atoms with E-state index in [1.807, 2.05) is 6.20 Å². The number of aromatic nitrogens is 5. The molecule has 1 aliphatic rings. The first-order valence-electron chi connectivity index (χ1n) is 10.9. The molecular formula is C21H28FN7O4. The van der Waals surface area contributed by atoms with Gasteiger partial charge >= 0.3 is 6.09 Å². The number of carbonyl (C=O) groups is 1. The summed E-state index contributed by atoms with van der Waals surface area (Å²) in [6.07, 6.45) is 2.29. The highest BCUT2D eigenvalue weighted by molar-refractivity contribution is 5.67. The molecular weight excluding hydrogens is 433 g/mol. The van der Waals surface area contributed by atoms with Crippen LogP contribution in [0, 0.1) is 0 Å². The zero-order chi connectivity index (χ0) is 23.2. The number of rotatable bonds is 10. The predicted molar refractivity (Wildman–Crippen MR) is 117 cm³/mol. The maximum Gasteiger partial charge on any atom is 0.407 e. The van der Waals surface area contributed by atoms with Crippen LogP contribution in [-0.2, 0) is 20.8 Å². The van der Waals surface area contributed by atoms with Gasteiger partial charge in [0.15, 0.2) is 18.1 Å². The molecule has 3 atom stereocenters. The number of unbranched alkanes of at least 4 members (excludes halogenated alkanes) is 2. The molecule has 12 heteroatoms. The van der Waals surface area contributed by atoms with Crippen LogP contribution in [0.4, 0.5) is 21.0 Å². The van der Waals surface area contributed by atoms with Crippen molar-refractivity contribution in [3.05, 3.63) is 35.9 Å². The summed E-state index contributed by atoms with van der Waals surface area (Å²) in [6, 6.07) is 3.42. The van der Waals surface area contributed by atoms with Gasteiger partial charge in [-0.1, -0.05) is 19.8 Å². The molecule has 4 rings (SSSR count). The normalized spacial score (nSPS) is 20.3. The number of nitrogens with one attached hydrogen (secondary N) is 3. The van der Waals surface area contributed by atoms with Crippen LogP contribution in [0.1, 0.15) is 43.7 Å². The first-order valence-corrected chi connectivity index (χ1v) is 10.9. The molecule has 0 radical (unpaired) electrons. The molecule has 0 aliphatic carbocycles. The molecule has 4 heterocycles. The summed E-state index contributed by atoms with van der Waals surface area (Å²) in [7, 11) is 1.60. The van der Waals surface area contributed by atoms with Crippen molar-refractivity contribution in [3.63, 3.8) is 0 Å². The van der Waals surface area contributed by atoms with Gasteiger partial charge in [-0.15, -0.1) is 0 Å². The second-order valence-electron chi connectivity index (χ2n) is 7.77. The molecule has 0 spiro atoms. The van der Waals surface area contributed by atoms with Crippen LogP contribution in [0.3, 0.4) is 0 Å². The Balaban J connectivity index is 1.37. The Bertz CT molecular complexity index is 1070. The minimum absolute atomic E-state index is 0.0336. The Hall–Kier alpha value is -3.25. The van der Waals surface area contributed by atoms with Gasteiger partial charge in [-0.05, 0) is 12.5 Å². The van der Waals surface area contributed by atoms with Crippen molar-refractivity contribution in [3.8, 4) is 0 Å². The predicted octanol–water partition coefficient (Wildman–Crippen LogP) is 3.04. The number of ether oxygens (including phenoxy) is 3. The lowest BCUT2D eigenvalue weighted by molar-refractivity contribution is 0.0628. The van der Waals surface area contributed by atoms with E-state index in [9.17, 15) is 9.18 Å². The standard InChI is InChI=1S/C21H28FN7O4/c1-3-4-5-7-24-21(30)33-15-12-32-19(18(15)22)14-9-16(28-27-14)26-20-23-8-6-17-25-13(11-31-2)10-29(17)20/h6,8-10,15,18-19H,3-5,7,11-12H2,1-2H3,(H,24,30)(H2,23,26,27,28)/t15-,18-,19-/m1/s1. The van der Waals surface area contributed by atoms with E-state index in [0.29, 0.717) is 36.3 Å². The Morgan fingerprint density at radius 2 is 2.30 bits per heavy atom. The largest absolute Gasteiger partial charge is 0.441 e. The number of hydrogen-bond acceptors (Lipinski definition) is 8. The number of anilines is 2. The third kappa shape index (κ3) is 5.40. The first kappa shape index (κ1) is 22.9. The van der Waals surface area contributed by atoms with Crippen LogP contribution in [0.2, 0.25) is 0 Å². The fourth-order valence-corrected chi connectivity index (χ4v) is 3.62. The fourth-order valence-electron chi connectivity index (χ4n) is 3.62. The third-order valence-electron chi connectivity index (χ3n) is 5.26. The number of methoxy groups -OCH3 is 1. The van der Waals surface area contributed by atoms with Crippen LogP contribution in [-0.4, -0.2) is 63.2 Å². The number of carbonyl (C=O) groups excluding carboxylic acids is 1. The summed E-state index contributed by atoms with van der Waals surface area (Å²) in [4.78, 5) is 20.7. The number of alkyl carbamates (subject to hydrolysis) is 1. The number of imidazole rings is 1. The average molecular weight is 461 g/mol. The molecule has 0 unspecified atom stereocenters. The highest BCUT2D eigenvalue weighted by Crippen LogP contribution is 2.33. The summed E-state index contributed by atoms with van der Waals surface area (Å²) in [5, 5.41) is 12.7. The molecule has 1 aliphatic heterocycles. The van der Waals surface area contributed by atoms with Gasteiger partial charge in [-0.2, -0.15) is 5.10 Å². The summed E-state index contributed by atoms with van der Waals surface area (Å²) >= 11 is 0. The number of H-pyrrole nitrogens is 1. The average Bonchev–Trinajstić information content (AvgIpc) is 3.51. The highest BCUT2D eigenvalue weighted by Gasteiger charge is 2.42. The summed E-state index contributed by atoms with van der Waals surface area (Å²) in [6.45, 7) is 2.92. The maximum absolute atomic E-state index is 14.9. The van der Waals surface area contributed by atoms with Crippen LogP contribution in [0.5, 0.6) is 0 Å². The van der Waals surface area contributed by atoms with E-state index in [1.54, 1.807) is 29.8 Å². The zero-order valence-electron chi connectivity index (χ0n) is 18.6. The third-order valence-corrected chi connectivity index (χ3v) is 5.26. The second-order valence-corrected chi connectivity index (χ2v) is 7.77. The maximum atomic E-state index is 14.9. The number of nitrogens with zero attached hydrogens (tertiary/aromatic N) is 4. The van der Waals surface area contributed by atoms with Crippen LogP contribution >= 0.6 is 0 Å². The van der Waals surface area contributed by atoms with Gasteiger partial charge in [-0.3, -0.25) is 9.50 Å². The van der Waals surface area contributed by atoms with Crippen molar-refractivity contribution in [2.24, 2.45) is 0 Å². The molecule has 0 bridgehead atoms. The number of aromatic amines is 1. The van der Waals surface area contributed by atoms with Crippen molar-refractivity contribution < 1.29 is 23.4 Å². The molecule has 11 nitrogen and oxygen atoms in total. The molecule has 1 saturated heterocycles. The van der Waals surface area contributed by atoms with Gasteiger partial charge in [0.05, 0.1) is 24.6 Å². The molecule has 3 N–H and O–H groups in total.